The normalized spacial score (nSPS) is 10.6. The Morgan fingerprint density at radius 1 is 1.33 bits per heavy atom. The molecule has 0 fully saturated rings. The third kappa shape index (κ3) is 2.86. The van der Waals surface area contributed by atoms with Gasteiger partial charge in [0.2, 0.25) is 0 Å². The molecule has 0 amide bonds. The van der Waals surface area contributed by atoms with E-state index in [1.807, 2.05) is 25.2 Å². The lowest BCUT2D eigenvalue weighted by Gasteiger charge is -2.22. The summed E-state index contributed by atoms with van der Waals surface area (Å²) in [4.78, 5) is 2.15. The number of rotatable bonds is 5. The minimum absolute atomic E-state index is 0.594. The number of hydrogen-bond donors (Lipinski definition) is 1. The molecule has 0 bridgehead atoms. The minimum Gasteiger partial charge on any atom is -0.472 e. The van der Waals surface area contributed by atoms with Crippen LogP contribution in [0, 0.1) is 0 Å². The Kier molecular flexibility index (Phi) is 4.28. The van der Waals surface area contributed by atoms with Crippen LogP contribution in [-0.2, 0) is 13.0 Å². The maximum absolute atomic E-state index is 6.23. The van der Waals surface area contributed by atoms with E-state index < -0.39 is 0 Å². The molecule has 0 aliphatic rings. The molecule has 0 aliphatic carbocycles. The van der Waals surface area contributed by atoms with Crippen LogP contribution >= 0.6 is 11.6 Å². The Bertz CT molecular complexity index is 497. The molecular weight excluding hydrogens is 248 g/mol. The van der Waals surface area contributed by atoms with Gasteiger partial charge in [0.05, 0.1) is 12.5 Å². The fourth-order valence-electron chi connectivity index (χ4n) is 2.04. The van der Waals surface area contributed by atoms with Crippen molar-refractivity contribution in [2.24, 2.45) is 5.73 Å². The second kappa shape index (κ2) is 5.94. The van der Waals surface area contributed by atoms with Crippen molar-refractivity contribution in [1.82, 2.24) is 0 Å². The van der Waals surface area contributed by atoms with Gasteiger partial charge in [-0.2, -0.15) is 0 Å². The number of nitrogens with two attached hydrogens (primary N) is 1. The molecule has 1 heterocycles. The van der Waals surface area contributed by atoms with Crippen LogP contribution in [0.15, 0.2) is 41.2 Å². The monoisotopic (exact) mass is 264 g/mol. The van der Waals surface area contributed by atoms with Crippen LogP contribution in [0.3, 0.4) is 0 Å². The van der Waals surface area contributed by atoms with E-state index in [1.54, 1.807) is 12.5 Å². The fourth-order valence-corrected chi connectivity index (χ4v) is 2.30. The van der Waals surface area contributed by atoms with Crippen LogP contribution in [0.4, 0.5) is 5.69 Å². The van der Waals surface area contributed by atoms with E-state index in [2.05, 4.69) is 11.0 Å². The van der Waals surface area contributed by atoms with Gasteiger partial charge in [-0.25, -0.2) is 0 Å². The molecule has 0 saturated carbocycles. The SMILES string of the molecule is CN(Cc1ccoc1)c1cccc(Cl)c1CCN. The topological polar surface area (TPSA) is 42.4 Å². The predicted octanol–water partition coefficient (Wildman–Crippen LogP) is 3.07. The lowest BCUT2D eigenvalue weighted by Crippen LogP contribution is -2.18. The highest BCUT2D eigenvalue weighted by atomic mass is 35.5. The summed E-state index contributed by atoms with van der Waals surface area (Å²) < 4.78 is 5.08. The first kappa shape index (κ1) is 13.0. The average Bonchev–Trinajstić information content (AvgIpc) is 2.84. The van der Waals surface area contributed by atoms with Crippen LogP contribution in [0.25, 0.3) is 0 Å². The van der Waals surface area contributed by atoms with E-state index in [9.17, 15) is 0 Å². The molecule has 0 saturated heterocycles. The molecule has 18 heavy (non-hydrogen) atoms. The fraction of sp³-hybridized carbons (Fsp3) is 0.286. The van der Waals surface area contributed by atoms with Crippen molar-refractivity contribution in [1.29, 1.82) is 0 Å². The van der Waals surface area contributed by atoms with Gasteiger partial charge >= 0.3 is 0 Å². The summed E-state index contributed by atoms with van der Waals surface area (Å²) in [7, 11) is 2.04. The van der Waals surface area contributed by atoms with Crippen LogP contribution in [0.2, 0.25) is 5.02 Å². The average molecular weight is 265 g/mol. The summed E-state index contributed by atoms with van der Waals surface area (Å²) in [5.74, 6) is 0. The zero-order valence-electron chi connectivity index (χ0n) is 10.4. The second-order valence-corrected chi connectivity index (χ2v) is 4.67. The van der Waals surface area contributed by atoms with E-state index in [0.29, 0.717) is 6.54 Å². The highest BCUT2D eigenvalue weighted by Gasteiger charge is 2.11. The van der Waals surface area contributed by atoms with Crippen LogP contribution in [0.5, 0.6) is 0 Å². The van der Waals surface area contributed by atoms with Gasteiger partial charge in [0, 0.05) is 29.9 Å². The maximum Gasteiger partial charge on any atom is 0.0952 e. The highest BCUT2D eigenvalue weighted by molar-refractivity contribution is 6.31. The summed E-state index contributed by atoms with van der Waals surface area (Å²) in [5, 5.41) is 0.775. The number of halogens is 1. The Morgan fingerprint density at radius 2 is 2.17 bits per heavy atom. The van der Waals surface area contributed by atoms with Crippen molar-refractivity contribution < 1.29 is 4.42 Å². The van der Waals surface area contributed by atoms with Crippen LogP contribution in [0.1, 0.15) is 11.1 Å². The summed E-state index contributed by atoms with van der Waals surface area (Å²) in [6, 6.07) is 7.89. The second-order valence-electron chi connectivity index (χ2n) is 4.26. The van der Waals surface area contributed by atoms with Crippen molar-refractivity contribution in [2.45, 2.75) is 13.0 Å². The molecule has 0 spiro atoms. The van der Waals surface area contributed by atoms with Gasteiger partial charge in [0.15, 0.2) is 0 Å². The third-order valence-corrected chi connectivity index (χ3v) is 3.25. The summed E-state index contributed by atoms with van der Waals surface area (Å²) in [5.41, 5.74) is 9.00. The van der Waals surface area contributed by atoms with Crippen molar-refractivity contribution >= 4 is 17.3 Å². The first-order valence-electron chi connectivity index (χ1n) is 5.92. The smallest absolute Gasteiger partial charge is 0.0952 e. The lowest BCUT2D eigenvalue weighted by molar-refractivity contribution is 0.563. The summed E-state index contributed by atoms with van der Waals surface area (Å²) in [6.45, 7) is 1.38. The Hall–Kier alpha value is -1.45. The van der Waals surface area contributed by atoms with Gasteiger partial charge in [0.25, 0.3) is 0 Å². The Morgan fingerprint density at radius 3 is 2.83 bits per heavy atom. The quantitative estimate of drug-likeness (QED) is 0.903. The zero-order valence-corrected chi connectivity index (χ0v) is 11.2. The molecule has 0 aliphatic heterocycles. The molecule has 1 aromatic carbocycles. The third-order valence-electron chi connectivity index (χ3n) is 2.90. The van der Waals surface area contributed by atoms with E-state index in [1.165, 1.54) is 0 Å². The molecule has 2 N–H and O–H groups in total. The number of nitrogens with zero attached hydrogens (tertiary/aromatic N) is 1. The maximum atomic E-state index is 6.23. The van der Waals surface area contributed by atoms with E-state index in [0.717, 1.165) is 34.8 Å². The van der Waals surface area contributed by atoms with Gasteiger partial charge < -0.3 is 15.1 Å². The van der Waals surface area contributed by atoms with Crippen LogP contribution in [-0.4, -0.2) is 13.6 Å². The summed E-state index contributed by atoms with van der Waals surface area (Å²) >= 11 is 6.23. The van der Waals surface area contributed by atoms with Crippen molar-refractivity contribution in [3.05, 3.63) is 52.9 Å². The van der Waals surface area contributed by atoms with Gasteiger partial charge in [-0.3, -0.25) is 0 Å². The molecule has 96 valence electrons. The molecule has 1 aromatic heterocycles. The molecule has 0 radical (unpaired) electrons. The number of benzene rings is 1. The molecule has 2 rings (SSSR count). The van der Waals surface area contributed by atoms with E-state index in [4.69, 9.17) is 21.8 Å². The predicted molar refractivity (Wildman–Crippen MR) is 75.0 cm³/mol. The molecule has 0 atom stereocenters. The number of anilines is 1. The lowest BCUT2D eigenvalue weighted by atomic mass is 10.1. The number of furan rings is 1. The standard InChI is InChI=1S/C14H17ClN2O/c1-17(9-11-6-8-18-10-11)14-4-2-3-13(15)12(14)5-7-16/h2-4,6,8,10H,5,7,9,16H2,1H3. The van der Waals surface area contributed by atoms with Gasteiger partial charge in [-0.15, -0.1) is 0 Å². The Labute approximate surface area is 112 Å². The highest BCUT2D eigenvalue weighted by Crippen LogP contribution is 2.28. The first-order chi connectivity index (χ1) is 8.72. The minimum atomic E-state index is 0.594. The molecule has 2 aromatic rings. The Balaban J connectivity index is 2.23. The van der Waals surface area contributed by atoms with Crippen molar-refractivity contribution in [2.75, 3.05) is 18.5 Å². The largest absolute Gasteiger partial charge is 0.472 e. The van der Waals surface area contributed by atoms with E-state index >= 15 is 0 Å². The first-order valence-corrected chi connectivity index (χ1v) is 6.30. The molecular formula is C14H17ClN2O. The van der Waals surface area contributed by atoms with Crippen LogP contribution < -0.4 is 10.6 Å². The molecule has 4 heteroatoms. The van der Waals surface area contributed by atoms with Crippen molar-refractivity contribution in [3.63, 3.8) is 0 Å². The van der Waals surface area contributed by atoms with Gasteiger partial charge in [-0.1, -0.05) is 17.7 Å². The van der Waals surface area contributed by atoms with Gasteiger partial charge in [-0.05, 0) is 36.7 Å². The van der Waals surface area contributed by atoms with Gasteiger partial charge in [0.1, 0.15) is 0 Å². The molecule has 0 unspecified atom stereocenters. The summed E-state index contributed by atoms with van der Waals surface area (Å²) in [6.07, 6.45) is 4.22. The van der Waals surface area contributed by atoms with Crippen molar-refractivity contribution in [3.8, 4) is 0 Å². The number of hydrogen-bond acceptors (Lipinski definition) is 3. The molecule has 3 nitrogen and oxygen atoms in total. The zero-order chi connectivity index (χ0) is 13.0. The van der Waals surface area contributed by atoms with E-state index in [-0.39, 0.29) is 0 Å².